The number of carbonyl (C=O) groups is 1. The van der Waals surface area contributed by atoms with Gasteiger partial charge in [-0.1, -0.05) is 18.2 Å². The van der Waals surface area contributed by atoms with Crippen LogP contribution < -0.4 is 4.74 Å². The molecule has 0 fully saturated rings. The second kappa shape index (κ2) is 10.3. The van der Waals surface area contributed by atoms with Crippen molar-refractivity contribution >= 4 is 39.9 Å². The second-order valence-electron chi connectivity index (χ2n) is 7.89. The molecule has 0 aliphatic heterocycles. The first-order chi connectivity index (χ1) is 17.1. The van der Waals surface area contributed by atoms with Gasteiger partial charge in [0, 0.05) is 22.4 Å². The molecule has 0 N–H and O–H groups in total. The van der Waals surface area contributed by atoms with Crippen LogP contribution in [0.5, 0.6) is 5.75 Å². The molecule has 0 radical (unpaired) electrons. The largest absolute Gasteiger partial charge is 0.497 e. The summed E-state index contributed by atoms with van der Waals surface area (Å²) in [6.45, 7) is 0.696. The van der Waals surface area contributed by atoms with Gasteiger partial charge in [-0.05, 0) is 54.3 Å². The predicted molar refractivity (Wildman–Crippen MR) is 140 cm³/mol. The minimum Gasteiger partial charge on any atom is -0.497 e. The number of hydrogen-bond acceptors (Lipinski definition) is 7. The fraction of sp³-hybridized carbons (Fsp3) is 0.148. The molecule has 0 spiro atoms. The van der Waals surface area contributed by atoms with Gasteiger partial charge in [0.05, 0.1) is 42.8 Å². The lowest BCUT2D eigenvalue weighted by Crippen LogP contribution is -2.29. The van der Waals surface area contributed by atoms with Crippen LogP contribution in [0.3, 0.4) is 0 Å². The van der Waals surface area contributed by atoms with E-state index in [1.165, 1.54) is 11.3 Å². The number of pyridine rings is 1. The van der Waals surface area contributed by atoms with E-state index in [4.69, 9.17) is 14.1 Å². The van der Waals surface area contributed by atoms with Crippen molar-refractivity contribution in [2.75, 3.05) is 13.4 Å². The Hall–Kier alpha value is -3.62. The third-order valence-corrected chi connectivity index (χ3v) is 7.15. The van der Waals surface area contributed by atoms with Gasteiger partial charge in [0.1, 0.15) is 16.4 Å². The van der Waals surface area contributed by atoms with Gasteiger partial charge in [-0.2, -0.15) is 0 Å². The molecule has 0 aliphatic carbocycles. The summed E-state index contributed by atoms with van der Waals surface area (Å²) in [7, 11) is 1.65. The van der Waals surface area contributed by atoms with Gasteiger partial charge in [0.25, 0.3) is 5.91 Å². The van der Waals surface area contributed by atoms with Crippen molar-refractivity contribution in [1.82, 2.24) is 14.9 Å². The number of fused-ring (bicyclic) bond motifs is 1. The summed E-state index contributed by atoms with van der Waals surface area (Å²) < 4.78 is 11.0. The van der Waals surface area contributed by atoms with Gasteiger partial charge in [-0.25, -0.2) is 4.98 Å². The molecule has 0 unspecified atom stereocenters. The second-order valence-corrected chi connectivity index (χ2v) is 9.66. The number of amides is 1. The van der Waals surface area contributed by atoms with Crippen LogP contribution in [0.1, 0.15) is 21.0 Å². The lowest BCUT2D eigenvalue weighted by atomic mass is 10.0. The van der Waals surface area contributed by atoms with Crippen molar-refractivity contribution in [3.8, 4) is 17.0 Å². The number of carbonyl (C=O) groups excluding carboxylic acids is 1. The number of hydrogen-bond donors (Lipinski definition) is 0. The summed E-state index contributed by atoms with van der Waals surface area (Å²) in [5.74, 6) is 1.36. The maximum atomic E-state index is 13.4. The van der Waals surface area contributed by atoms with Gasteiger partial charge in [0.2, 0.25) is 0 Å². The highest BCUT2D eigenvalue weighted by atomic mass is 32.2. The van der Waals surface area contributed by atoms with E-state index in [1.54, 1.807) is 41.7 Å². The SMILES string of the molecule is COc1cccc(-c2nc3cc(SC)ccc3cc2CN(Cc2ccco2)C(=O)c2cncs2)c1. The number of thioether (sulfide) groups is 1. The van der Waals surface area contributed by atoms with Gasteiger partial charge in [0.15, 0.2) is 0 Å². The first kappa shape index (κ1) is 23.1. The molecule has 0 saturated carbocycles. The van der Waals surface area contributed by atoms with E-state index in [0.29, 0.717) is 23.7 Å². The Morgan fingerprint density at radius 3 is 2.77 bits per heavy atom. The normalized spacial score (nSPS) is 11.0. The molecule has 0 bridgehead atoms. The van der Waals surface area contributed by atoms with E-state index in [0.717, 1.165) is 38.4 Å². The Morgan fingerprint density at radius 1 is 1.11 bits per heavy atom. The maximum absolute atomic E-state index is 13.4. The number of thiazole rings is 1. The number of methoxy groups -OCH3 is 1. The van der Waals surface area contributed by atoms with Gasteiger partial charge >= 0.3 is 0 Å². The summed E-state index contributed by atoms with van der Waals surface area (Å²) >= 11 is 3.01. The number of rotatable bonds is 8. The van der Waals surface area contributed by atoms with Crippen molar-refractivity contribution < 1.29 is 13.9 Å². The number of benzene rings is 2. The summed E-state index contributed by atoms with van der Waals surface area (Å²) in [5.41, 5.74) is 5.26. The van der Waals surface area contributed by atoms with E-state index in [2.05, 4.69) is 35.5 Å². The Balaban J connectivity index is 1.62. The molecule has 0 aliphatic rings. The van der Waals surface area contributed by atoms with E-state index >= 15 is 0 Å². The van der Waals surface area contributed by atoms with Crippen LogP contribution >= 0.6 is 23.1 Å². The lowest BCUT2D eigenvalue weighted by molar-refractivity contribution is 0.0722. The van der Waals surface area contributed by atoms with Crippen molar-refractivity contribution in [1.29, 1.82) is 0 Å². The molecular weight excluding hydrogens is 478 g/mol. The number of nitrogens with zero attached hydrogens (tertiary/aromatic N) is 3. The van der Waals surface area contributed by atoms with Crippen LogP contribution in [-0.4, -0.2) is 34.1 Å². The first-order valence-electron chi connectivity index (χ1n) is 11.0. The summed E-state index contributed by atoms with van der Waals surface area (Å²) in [4.78, 5) is 26.1. The maximum Gasteiger partial charge on any atom is 0.266 e. The molecule has 2 aromatic carbocycles. The van der Waals surface area contributed by atoms with Crippen LogP contribution in [0.15, 0.2) is 87.9 Å². The molecule has 8 heteroatoms. The fourth-order valence-electron chi connectivity index (χ4n) is 3.93. The van der Waals surface area contributed by atoms with Gasteiger partial charge in [-0.3, -0.25) is 9.78 Å². The number of ether oxygens (including phenoxy) is 1. The van der Waals surface area contributed by atoms with Crippen molar-refractivity contribution in [2.24, 2.45) is 0 Å². The Kier molecular flexibility index (Phi) is 6.83. The average molecular weight is 502 g/mol. The molecule has 3 heterocycles. The molecule has 5 rings (SSSR count). The Bertz CT molecular complexity index is 1450. The van der Waals surface area contributed by atoms with Crippen LogP contribution in [0.4, 0.5) is 0 Å². The Morgan fingerprint density at radius 2 is 2.03 bits per heavy atom. The van der Waals surface area contributed by atoms with Crippen molar-refractivity contribution in [2.45, 2.75) is 18.0 Å². The monoisotopic (exact) mass is 501 g/mol. The topological polar surface area (TPSA) is 68.5 Å². The molecule has 0 atom stereocenters. The van der Waals surface area contributed by atoms with E-state index in [9.17, 15) is 4.79 Å². The highest BCUT2D eigenvalue weighted by Gasteiger charge is 2.22. The first-order valence-corrected chi connectivity index (χ1v) is 13.1. The number of aromatic nitrogens is 2. The smallest absolute Gasteiger partial charge is 0.266 e. The van der Waals surface area contributed by atoms with Crippen molar-refractivity contribution in [3.63, 3.8) is 0 Å². The highest BCUT2D eigenvalue weighted by Crippen LogP contribution is 2.31. The van der Waals surface area contributed by atoms with Crippen LogP contribution in [0.25, 0.3) is 22.2 Å². The minimum absolute atomic E-state index is 0.0988. The summed E-state index contributed by atoms with van der Waals surface area (Å²) in [6.07, 6.45) is 5.27. The zero-order valence-corrected chi connectivity index (χ0v) is 20.9. The molecule has 5 aromatic rings. The number of furan rings is 1. The third kappa shape index (κ3) is 5.08. The van der Waals surface area contributed by atoms with Gasteiger partial charge in [-0.15, -0.1) is 23.1 Å². The summed E-state index contributed by atoms with van der Waals surface area (Å²) in [5, 5.41) is 1.02. The van der Waals surface area contributed by atoms with E-state index in [1.807, 2.05) is 36.4 Å². The molecule has 6 nitrogen and oxygen atoms in total. The lowest BCUT2D eigenvalue weighted by Gasteiger charge is -2.23. The molecule has 0 saturated heterocycles. The average Bonchev–Trinajstić information content (AvgIpc) is 3.62. The van der Waals surface area contributed by atoms with Gasteiger partial charge < -0.3 is 14.1 Å². The molecular formula is C27H23N3O3S2. The highest BCUT2D eigenvalue weighted by molar-refractivity contribution is 7.98. The van der Waals surface area contributed by atoms with Crippen LogP contribution in [0.2, 0.25) is 0 Å². The quantitative estimate of drug-likeness (QED) is 0.225. The standard InChI is InChI=1S/C27H23N3O3S2/c1-32-21-6-3-5-19(12-21)26-20(11-18-8-9-23(34-2)13-24(18)29-26)15-30(16-22-7-4-10-33-22)27(31)25-14-28-17-35-25/h3-14,17H,15-16H2,1-2H3. The predicted octanol–water partition coefficient (Wildman–Crippen LogP) is 6.52. The van der Waals surface area contributed by atoms with E-state index < -0.39 is 0 Å². The third-order valence-electron chi connectivity index (χ3n) is 5.67. The molecule has 35 heavy (non-hydrogen) atoms. The van der Waals surface area contributed by atoms with Crippen LogP contribution in [0, 0.1) is 0 Å². The minimum atomic E-state index is -0.0988. The van der Waals surface area contributed by atoms with Crippen LogP contribution in [-0.2, 0) is 13.1 Å². The zero-order valence-electron chi connectivity index (χ0n) is 19.3. The zero-order chi connectivity index (χ0) is 24.2. The van der Waals surface area contributed by atoms with E-state index in [-0.39, 0.29) is 5.91 Å². The Labute approximate surface area is 211 Å². The fourth-order valence-corrected chi connectivity index (χ4v) is 4.95. The molecule has 176 valence electrons. The summed E-state index contributed by atoms with van der Waals surface area (Å²) in [6, 6.07) is 19.9. The molecule has 3 aromatic heterocycles. The molecule has 1 amide bonds. The van der Waals surface area contributed by atoms with Crippen molar-refractivity contribution in [3.05, 3.63) is 94.8 Å².